The SMILES string of the molecule is CCOc1cc(C(=O)NCCC2CCNC2)c([N+](=O)[O-])cc1OC.Cl. The Kier molecular flexibility index (Phi) is 8.44. The third kappa shape index (κ3) is 5.47. The quantitative estimate of drug-likeness (QED) is 0.534. The predicted molar refractivity (Wildman–Crippen MR) is 96.0 cm³/mol. The molecule has 0 spiro atoms. The van der Waals surface area contributed by atoms with Crippen molar-refractivity contribution in [1.82, 2.24) is 10.6 Å². The van der Waals surface area contributed by atoms with Crippen molar-refractivity contribution in [1.29, 1.82) is 0 Å². The van der Waals surface area contributed by atoms with Gasteiger partial charge in [0.1, 0.15) is 5.56 Å². The van der Waals surface area contributed by atoms with Crippen LogP contribution in [0.2, 0.25) is 0 Å². The Balaban J connectivity index is 0.00000312. The van der Waals surface area contributed by atoms with E-state index in [4.69, 9.17) is 9.47 Å². The molecule has 1 aromatic carbocycles. The number of carbonyl (C=O) groups is 1. The summed E-state index contributed by atoms with van der Waals surface area (Å²) in [5.41, 5.74) is -0.316. The number of methoxy groups -OCH3 is 1. The van der Waals surface area contributed by atoms with Crippen LogP contribution in [-0.2, 0) is 0 Å². The van der Waals surface area contributed by atoms with Crippen molar-refractivity contribution >= 4 is 24.0 Å². The lowest BCUT2D eigenvalue weighted by molar-refractivity contribution is -0.385. The van der Waals surface area contributed by atoms with Gasteiger partial charge in [-0.05, 0) is 38.8 Å². The second-order valence-corrected chi connectivity index (χ2v) is 5.61. The minimum Gasteiger partial charge on any atom is -0.493 e. The highest BCUT2D eigenvalue weighted by Crippen LogP contribution is 2.34. The van der Waals surface area contributed by atoms with Crippen molar-refractivity contribution < 1.29 is 19.2 Å². The van der Waals surface area contributed by atoms with Gasteiger partial charge in [-0.1, -0.05) is 0 Å². The van der Waals surface area contributed by atoms with Crippen LogP contribution in [0.3, 0.4) is 0 Å². The lowest BCUT2D eigenvalue weighted by atomic mass is 10.1. The van der Waals surface area contributed by atoms with Gasteiger partial charge in [0.15, 0.2) is 11.5 Å². The van der Waals surface area contributed by atoms with E-state index in [1.54, 1.807) is 6.92 Å². The third-order valence-electron chi connectivity index (χ3n) is 4.02. The molecule has 1 saturated heterocycles. The number of nitrogens with zero attached hydrogens (tertiary/aromatic N) is 1. The summed E-state index contributed by atoms with van der Waals surface area (Å²) in [5.74, 6) is 0.610. The minimum atomic E-state index is -0.589. The van der Waals surface area contributed by atoms with E-state index < -0.39 is 10.8 Å². The fourth-order valence-corrected chi connectivity index (χ4v) is 2.76. The molecule has 8 nitrogen and oxygen atoms in total. The second kappa shape index (κ2) is 10.0. The highest BCUT2D eigenvalue weighted by atomic mass is 35.5. The molecular weight excluding hydrogens is 350 g/mol. The highest BCUT2D eigenvalue weighted by molar-refractivity contribution is 5.99. The monoisotopic (exact) mass is 373 g/mol. The molecule has 0 aromatic heterocycles. The summed E-state index contributed by atoms with van der Waals surface area (Å²) in [4.78, 5) is 23.1. The first-order chi connectivity index (χ1) is 11.6. The van der Waals surface area contributed by atoms with Gasteiger partial charge in [-0.2, -0.15) is 0 Å². The Hall–Kier alpha value is -2.06. The zero-order valence-corrected chi connectivity index (χ0v) is 15.2. The summed E-state index contributed by atoms with van der Waals surface area (Å²) in [6.45, 7) is 4.59. The summed E-state index contributed by atoms with van der Waals surface area (Å²) < 4.78 is 10.5. The zero-order valence-electron chi connectivity index (χ0n) is 14.4. The maximum absolute atomic E-state index is 12.4. The summed E-state index contributed by atoms with van der Waals surface area (Å²) in [7, 11) is 1.40. The minimum absolute atomic E-state index is 0. The standard InChI is InChI=1S/C16H23N3O5.ClH/c1-3-24-15-8-12(13(19(21)22)9-14(15)23-2)16(20)18-7-5-11-4-6-17-10-11;/h8-9,11,17H,3-7,10H2,1-2H3,(H,18,20);1H. The number of rotatable bonds is 8. The van der Waals surface area contributed by atoms with Crippen LogP contribution >= 0.6 is 12.4 Å². The van der Waals surface area contributed by atoms with Crippen molar-refractivity contribution in [2.75, 3.05) is 33.4 Å². The highest BCUT2D eigenvalue weighted by Gasteiger charge is 2.25. The van der Waals surface area contributed by atoms with Crippen molar-refractivity contribution in [3.05, 3.63) is 27.8 Å². The molecule has 9 heteroatoms. The molecule has 0 saturated carbocycles. The first kappa shape index (κ1) is 21.0. The van der Waals surface area contributed by atoms with Crippen LogP contribution in [0.25, 0.3) is 0 Å². The molecule has 2 N–H and O–H groups in total. The molecule has 1 aliphatic rings. The lowest BCUT2D eigenvalue weighted by Gasteiger charge is -2.13. The first-order valence-electron chi connectivity index (χ1n) is 8.05. The summed E-state index contributed by atoms with van der Waals surface area (Å²) in [5, 5.41) is 17.3. The van der Waals surface area contributed by atoms with E-state index in [0.717, 1.165) is 25.9 Å². The summed E-state index contributed by atoms with van der Waals surface area (Å²) >= 11 is 0. The van der Waals surface area contributed by atoms with Crippen molar-refractivity contribution in [3.8, 4) is 11.5 Å². The number of hydrogen-bond acceptors (Lipinski definition) is 6. The molecule has 1 aromatic rings. The van der Waals surface area contributed by atoms with Crippen LogP contribution in [-0.4, -0.2) is 44.2 Å². The molecule has 1 aliphatic heterocycles. The Labute approximate surface area is 152 Å². The third-order valence-corrected chi connectivity index (χ3v) is 4.02. The van der Waals surface area contributed by atoms with Crippen LogP contribution in [0.5, 0.6) is 11.5 Å². The number of nitrogens with one attached hydrogen (secondary N) is 2. The number of benzene rings is 1. The normalized spacial score (nSPS) is 16.0. The molecule has 1 amide bonds. The van der Waals surface area contributed by atoms with Gasteiger partial charge in [0, 0.05) is 12.6 Å². The average Bonchev–Trinajstić information content (AvgIpc) is 3.07. The average molecular weight is 374 g/mol. The topological polar surface area (TPSA) is 103 Å². The number of hydrogen-bond donors (Lipinski definition) is 2. The van der Waals surface area contributed by atoms with Gasteiger partial charge >= 0.3 is 0 Å². The first-order valence-corrected chi connectivity index (χ1v) is 8.05. The maximum atomic E-state index is 12.4. The molecule has 25 heavy (non-hydrogen) atoms. The van der Waals surface area contributed by atoms with E-state index in [0.29, 0.717) is 24.8 Å². The fourth-order valence-electron chi connectivity index (χ4n) is 2.76. The molecule has 1 heterocycles. The number of nitro groups is 1. The number of nitro benzene ring substituents is 1. The van der Waals surface area contributed by atoms with Gasteiger partial charge in [0.2, 0.25) is 0 Å². The van der Waals surface area contributed by atoms with Crippen LogP contribution < -0.4 is 20.1 Å². The van der Waals surface area contributed by atoms with Crippen molar-refractivity contribution in [3.63, 3.8) is 0 Å². The molecule has 140 valence electrons. The fraction of sp³-hybridized carbons (Fsp3) is 0.562. The summed E-state index contributed by atoms with van der Waals surface area (Å²) in [6, 6.07) is 2.59. The molecule has 0 radical (unpaired) electrons. The largest absolute Gasteiger partial charge is 0.493 e. The number of ether oxygens (including phenoxy) is 2. The van der Waals surface area contributed by atoms with Gasteiger partial charge < -0.3 is 20.1 Å². The molecular formula is C16H24ClN3O5. The number of halogens is 1. The van der Waals surface area contributed by atoms with Crippen molar-refractivity contribution in [2.45, 2.75) is 19.8 Å². The lowest BCUT2D eigenvalue weighted by Crippen LogP contribution is -2.27. The Morgan fingerprint density at radius 1 is 1.44 bits per heavy atom. The van der Waals surface area contributed by atoms with Gasteiger partial charge in [-0.15, -0.1) is 12.4 Å². The Bertz CT molecular complexity index is 606. The smallest absolute Gasteiger partial charge is 0.286 e. The number of amides is 1. The van der Waals surface area contributed by atoms with E-state index in [2.05, 4.69) is 10.6 Å². The van der Waals surface area contributed by atoms with E-state index in [-0.39, 0.29) is 29.4 Å². The molecule has 1 atom stereocenters. The van der Waals surface area contributed by atoms with Gasteiger partial charge in [-0.3, -0.25) is 14.9 Å². The molecule has 0 bridgehead atoms. The van der Waals surface area contributed by atoms with E-state index in [1.807, 2.05) is 0 Å². The van der Waals surface area contributed by atoms with Crippen LogP contribution in [0.1, 0.15) is 30.1 Å². The predicted octanol–water partition coefficient (Wildman–Crippen LogP) is 2.15. The van der Waals surface area contributed by atoms with E-state index >= 15 is 0 Å². The zero-order chi connectivity index (χ0) is 17.5. The molecule has 1 fully saturated rings. The van der Waals surface area contributed by atoms with Crippen molar-refractivity contribution in [2.24, 2.45) is 5.92 Å². The molecule has 0 aliphatic carbocycles. The summed E-state index contributed by atoms with van der Waals surface area (Å²) in [6.07, 6.45) is 1.94. The van der Waals surface area contributed by atoms with E-state index in [9.17, 15) is 14.9 Å². The van der Waals surface area contributed by atoms with Gasteiger partial charge in [0.05, 0.1) is 24.7 Å². The van der Waals surface area contributed by atoms with Gasteiger partial charge in [0.25, 0.3) is 11.6 Å². The molecule has 2 rings (SSSR count). The van der Waals surface area contributed by atoms with Crippen LogP contribution in [0.15, 0.2) is 12.1 Å². The van der Waals surface area contributed by atoms with Crippen LogP contribution in [0, 0.1) is 16.0 Å². The molecule has 1 unspecified atom stereocenters. The Morgan fingerprint density at radius 2 is 2.20 bits per heavy atom. The Morgan fingerprint density at radius 3 is 2.76 bits per heavy atom. The van der Waals surface area contributed by atoms with E-state index in [1.165, 1.54) is 19.2 Å². The maximum Gasteiger partial charge on any atom is 0.286 e. The second-order valence-electron chi connectivity index (χ2n) is 5.61. The van der Waals surface area contributed by atoms with Gasteiger partial charge in [-0.25, -0.2) is 0 Å². The van der Waals surface area contributed by atoms with Crippen LogP contribution in [0.4, 0.5) is 5.69 Å². The number of carbonyl (C=O) groups excluding carboxylic acids is 1.